The van der Waals surface area contributed by atoms with Gasteiger partial charge in [-0.2, -0.15) is 18.3 Å². The normalized spacial score (nSPS) is 18.2. The van der Waals surface area contributed by atoms with Gasteiger partial charge in [-0.05, 0) is 44.0 Å². The molecule has 0 amide bonds. The molecule has 31 heavy (non-hydrogen) atoms. The predicted octanol–water partition coefficient (Wildman–Crippen LogP) is 4.71. The monoisotopic (exact) mass is 439 g/mol. The molecule has 0 atom stereocenters. The van der Waals surface area contributed by atoms with Gasteiger partial charge in [0.25, 0.3) is 0 Å². The van der Waals surface area contributed by atoms with E-state index in [0.717, 1.165) is 23.2 Å². The molecule has 5 nitrogen and oxygen atoms in total. The molecule has 2 aromatic carbocycles. The van der Waals surface area contributed by atoms with Gasteiger partial charge in [0, 0.05) is 17.6 Å². The van der Waals surface area contributed by atoms with Crippen molar-refractivity contribution in [2.24, 2.45) is 0 Å². The van der Waals surface area contributed by atoms with Crippen molar-refractivity contribution >= 4 is 16.6 Å². The van der Waals surface area contributed by atoms with Gasteiger partial charge >= 0.3 is 6.18 Å². The highest BCUT2D eigenvalue weighted by atomic mass is 19.4. The molecule has 2 aliphatic rings. The van der Waals surface area contributed by atoms with Crippen LogP contribution >= 0.6 is 0 Å². The SMILES string of the molecule is Cc1nn(-c2cc(C(F)(F)F)c(F)c(O)c2F)c2ccc(N3CCOCC34CC4)cc12. The molecule has 164 valence electrons. The lowest BCUT2D eigenvalue weighted by Gasteiger charge is -2.38. The number of hydrogen-bond donors (Lipinski definition) is 1. The second-order valence-corrected chi connectivity index (χ2v) is 8.04. The summed E-state index contributed by atoms with van der Waals surface area (Å²) in [6, 6.07) is 5.64. The molecule has 0 radical (unpaired) electrons. The zero-order chi connectivity index (χ0) is 22.1. The Hall–Kier alpha value is -2.88. The fourth-order valence-electron chi connectivity index (χ4n) is 4.27. The predicted molar refractivity (Wildman–Crippen MR) is 103 cm³/mol. The minimum atomic E-state index is -5.11. The fourth-order valence-corrected chi connectivity index (χ4v) is 4.27. The maximum absolute atomic E-state index is 14.6. The first-order chi connectivity index (χ1) is 14.6. The lowest BCUT2D eigenvalue weighted by atomic mass is 10.1. The highest BCUT2D eigenvalue weighted by Crippen LogP contribution is 2.46. The number of nitrogens with zero attached hydrogens (tertiary/aromatic N) is 3. The summed E-state index contributed by atoms with van der Waals surface area (Å²) in [5.41, 5.74) is -0.726. The highest BCUT2D eigenvalue weighted by molar-refractivity contribution is 5.87. The number of morpholine rings is 1. The maximum atomic E-state index is 14.6. The number of benzene rings is 2. The van der Waals surface area contributed by atoms with E-state index < -0.39 is 34.8 Å². The molecular weight excluding hydrogens is 421 g/mol. The van der Waals surface area contributed by atoms with E-state index in [1.54, 1.807) is 19.1 Å². The van der Waals surface area contributed by atoms with Crippen LogP contribution in [0.2, 0.25) is 0 Å². The van der Waals surface area contributed by atoms with Crippen LogP contribution < -0.4 is 4.90 Å². The number of aromatic nitrogens is 2. The minimum absolute atomic E-state index is 0.0215. The van der Waals surface area contributed by atoms with Gasteiger partial charge in [0.2, 0.25) is 0 Å². The quantitative estimate of drug-likeness (QED) is 0.588. The number of hydrogen-bond acceptors (Lipinski definition) is 4. The Morgan fingerprint density at radius 2 is 1.87 bits per heavy atom. The zero-order valence-corrected chi connectivity index (χ0v) is 16.4. The van der Waals surface area contributed by atoms with Crippen molar-refractivity contribution in [3.05, 3.63) is 47.2 Å². The van der Waals surface area contributed by atoms with Gasteiger partial charge in [-0.1, -0.05) is 0 Å². The summed E-state index contributed by atoms with van der Waals surface area (Å²) >= 11 is 0. The topological polar surface area (TPSA) is 50.5 Å². The van der Waals surface area contributed by atoms with Gasteiger partial charge in [0.15, 0.2) is 17.4 Å². The smallest absolute Gasteiger partial charge is 0.419 e. The van der Waals surface area contributed by atoms with Gasteiger partial charge in [-0.25, -0.2) is 13.5 Å². The molecular formula is C21H18F5N3O2. The van der Waals surface area contributed by atoms with E-state index in [4.69, 9.17) is 4.74 Å². The Morgan fingerprint density at radius 1 is 1.13 bits per heavy atom. The molecule has 1 aliphatic heterocycles. The molecule has 3 aromatic rings. The molecule has 2 fully saturated rings. The molecule has 1 saturated heterocycles. The zero-order valence-electron chi connectivity index (χ0n) is 16.4. The number of anilines is 1. The third kappa shape index (κ3) is 3.03. The Kier molecular flexibility index (Phi) is 4.24. The van der Waals surface area contributed by atoms with Crippen LogP contribution in [0.15, 0.2) is 24.3 Å². The number of alkyl halides is 3. The third-order valence-corrected chi connectivity index (χ3v) is 6.08. The average molecular weight is 439 g/mol. The first-order valence-electron chi connectivity index (χ1n) is 9.76. The Morgan fingerprint density at radius 3 is 2.55 bits per heavy atom. The van der Waals surface area contributed by atoms with E-state index in [1.165, 1.54) is 0 Å². The second-order valence-electron chi connectivity index (χ2n) is 8.04. The summed E-state index contributed by atoms with van der Waals surface area (Å²) in [4.78, 5) is 2.26. The maximum Gasteiger partial charge on any atom is 0.419 e. The van der Waals surface area contributed by atoms with Crippen LogP contribution in [-0.4, -0.2) is 40.2 Å². The summed E-state index contributed by atoms with van der Waals surface area (Å²) in [6.45, 7) is 3.61. The number of aryl methyl sites for hydroxylation is 1. The molecule has 2 heterocycles. The fraction of sp³-hybridized carbons (Fsp3) is 0.381. The average Bonchev–Trinajstić information content (AvgIpc) is 3.41. The van der Waals surface area contributed by atoms with Gasteiger partial charge in [0.05, 0.1) is 35.5 Å². The summed E-state index contributed by atoms with van der Waals surface area (Å²) in [7, 11) is 0. The van der Waals surface area contributed by atoms with E-state index in [0.29, 0.717) is 42.4 Å². The largest absolute Gasteiger partial charge is 0.503 e. The lowest BCUT2D eigenvalue weighted by molar-refractivity contribution is -0.140. The number of aromatic hydroxyl groups is 1. The summed E-state index contributed by atoms with van der Waals surface area (Å²) in [5.74, 6) is -5.25. The van der Waals surface area contributed by atoms with Crippen molar-refractivity contribution < 1.29 is 31.8 Å². The van der Waals surface area contributed by atoms with E-state index in [1.807, 2.05) is 6.07 Å². The summed E-state index contributed by atoms with van der Waals surface area (Å²) < 4.78 is 74.6. The van der Waals surface area contributed by atoms with E-state index in [-0.39, 0.29) is 5.54 Å². The van der Waals surface area contributed by atoms with Gasteiger partial charge in [-0.15, -0.1) is 0 Å². The van der Waals surface area contributed by atoms with Gasteiger partial charge < -0.3 is 14.7 Å². The number of rotatable bonds is 2. The van der Waals surface area contributed by atoms with Crippen LogP contribution in [0.25, 0.3) is 16.6 Å². The van der Waals surface area contributed by atoms with Crippen molar-refractivity contribution in [2.75, 3.05) is 24.7 Å². The first kappa shape index (κ1) is 20.0. The van der Waals surface area contributed by atoms with E-state index in [9.17, 15) is 27.1 Å². The van der Waals surface area contributed by atoms with E-state index >= 15 is 0 Å². The standard InChI is InChI=1S/C21H18F5N3O2/c1-11-13-8-12(28-6-7-31-10-20(28)4-5-20)2-3-15(13)29(27-11)16-9-14(21(24,25)26)17(22)19(30)18(16)23/h2-3,8-9,30H,4-7,10H2,1H3. The number of halogens is 5. The van der Waals surface area contributed by atoms with Crippen molar-refractivity contribution in [3.8, 4) is 11.4 Å². The Labute approximate surface area is 173 Å². The van der Waals surface area contributed by atoms with Crippen molar-refractivity contribution in [1.29, 1.82) is 0 Å². The van der Waals surface area contributed by atoms with Gasteiger partial charge in [0.1, 0.15) is 5.69 Å². The Balaban J connectivity index is 1.65. The second kappa shape index (κ2) is 6.56. The molecule has 5 rings (SSSR count). The van der Waals surface area contributed by atoms with Crippen molar-refractivity contribution in [3.63, 3.8) is 0 Å². The van der Waals surface area contributed by atoms with Crippen molar-refractivity contribution in [1.82, 2.24) is 9.78 Å². The first-order valence-corrected chi connectivity index (χ1v) is 9.76. The number of phenolic OH excluding ortho intramolecular Hbond substituents is 1. The number of phenols is 1. The lowest BCUT2D eigenvalue weighted by Crippen LogP contribution is -2.47. The molecule has 1 aliphatic carbocycles. The molecule has 0 bridgehead atoms. The van der Waals surface area contributed by atoms with Crippen LogP contribution in [0.5, 0.6) is 5.75 Å². The van der Waals surface area contributed by atoms with Crippen LogP contribution in [0.1, 0.15) is 24.1 Å². The summed E-state index contributed by atoms with van der Waals surface area (Å²) in [6.07, 6.45) is -3.07. The molecule has 1 N–H and O–H groups in total. The van der Waals surface area contributed by atoms with Gasteiger partial charge in [-0.3, -0.25) is 0 Å². The third-order valence-electron chi connectivity index (χ3n) is 6.08. The molecule has 10 heteroatoms. The molecule has 1 spiro atoms. The van der Waals surface area contributed by atoms with Crippen molar-refractivity contribution in [2.45, 2.75) is 31.5 Å². The minimum Gasteiger partial charge on any atom is -0.503 e. The summed E-state index contributed by atoms with van der Waals surface area (Å²) in [5, 5.41) is 14.4. The van der Waals surface area contributed by atoms with Crippen LogP contribution in [0.3, 0.4) is 0 Å². The molecule has 0 unspecified atom stereocenters. The van der Waals surface area contributed by atoms with Crippen LogP contribution in [0, 0.1) is 18.6 Å². The Bertz CT molecular complexity index is 1200. The molecule has 1 saturated carbocycles. The van der Waals surface area contributed by atoms with Crippen LogP contribution in [-0.2, 0) is 10.9 Å². The number of ether oxygens (including phenoxy) is 1. The number of fused-ring (bicyclic) bond motifs is 1. The van der Waals surface area contributed by atoms with Crippen LogP contribution in [0.4, 0.5) is 27.6 Å². The molecule has 1 aromatic heterocycles. The van der Waals surface area contributed by atoms with E-state index in [2.05, 4.69) is 10.00 Å². The highest BCUT2D eigenvalue weighted by Gasteiger charge is 2.50.